The highest BCUT2D eigenvalue weighted by Crippen LogP contribution is 2.39. The van der Waals surface area contributed by atoms with Gasteiger partial charge in [0.2, 0.25) is 5.75 Å². The highest BCUT2D eigenvalue weighted by Gasteiger charge is 2.14. The van der Waals surface area contributed by atoms with Gasteiger partial charge < -0.3 is 14.2 Å². The van der Waals surface area contributed by atoms with Gasteiger partial charge in [0, 0.05) is 12.1 Å². The number of hydrazine groups is 1. The van der Waals surface area contributed by atoms with Crippen molar-refractivity contribution in [2.75, 3.05) is 21.3 Å². The maximum Gasteiger partial charge on any atom is 0.203 e. The second-order valence-corrected chi connectivity index (χ2v) is 2.87. The monoisotopic (exact) mass is 212 g/mol. The van der Waals surface area contributed by atoms with Crippen LogP contribution in [0, 0.1) is 0 Å². The number of benzene rings is 1. The molecule has 84 valence electrons. The summed E-state index contributed by atoms with van der Waals surface area (Å²) in [4.78, 5) is 0. The third-order valence-electron chi connectivity index (χ3n) is 2.08. The molecule has 0 aliphatic carbocycles. The molecule has 0 heterocycles. The topological polar surface area (TPSA) is 65.7 Å². The summed E-state index contributed by atoms with van der Waals surface area (Å²) in [7, 11) is 4.73. The van der Waals surface area contributed by atoms with Crippen molar-refractivity contribution >= 4 is 0 Å². The first-order valence-corrected chi connectivity index (χ1v) is 4.49. The molecule has 0 aliphatic rings. The summed E-state index contributed by atoms with van der Waals surface area (Å²) in [6.07, 6.45) is 0. The minimum Gasteiger partial charge on any atom is -0.493 e. The van der Waals surface area contributed by atoms with Gasteiger partial charge in [-0.05, 0) is 6.07 Å². The molecule has 1 aromatic carbocycles. The van der Waals surface area contributed by atoms with Gasteiger partial charge in [-0.2, -0.15) is 0 Å². The van der Waals surface area contributed by atoms with E-state index in [1.807, 2.05) is 12.1 Å². The molecule has 5 heteroatoms. The second kappa shape index (κ2) is 5.43. The molecule has 5 nitrogen and oxygen atoms in total. The van der Waals surface area contributed by atoms with Crippen LogP contribution >= 0.6 is 0 Å². The summed E-state index contributed by atoms with van der Waals surface area (Å²) in [5.74, 6) is 7.11. The number of hydrogen-bond donors (Lipinski definition) is 2. The largest absolute Gasteiger partial charge is 0.493 e. The minimum atomic E-state index is 0.503. The average Bonchev–Trinajstić information content (AvgIpc) is 2.28. The van der Waals surface area contributed by atoms with Crippen LogP contribution in [0.4, 0.5) is 0 Å². The van der Waals surface area contributed by atoms with Crippen molar-refractivity contribution in [2.45, 2.75) is 6.54 Å². The third-order valence-corrected chi connectivity index (χ3v) is 2.08. The number of ether oxygens (including phenoxy) is 3. The summed E-state index contributed by atoms with van der Waals surface area (Å²) in [6.45, 7) is 0.503. The first-order valence-electron chi connectivity index (χ1n) is 4.49. The van der Waals surface area contributed by atoms with E-state index in [1.54, 1.807) is 21.3 Å². The van der Waals surface area contributed by atoms with Crippen molar-refractivity contribution in [1.82, 2.24) is 5.43 Å². The lowest BCUT2D eigenvalue weighted by atomic mass is 10.1. The van der Waals surface area contributed by atoms with Gasteiger partial charge >= 0.3 is 0 Å². The molecule has 15 heavy (non-hydrogen) atoms. The maximum atomic E-state index is 5.27. The Morgan fingerprint density at radius 1 is 1.07 bits per heavy atom. The molecule has 3 N–H and O–H groups in total. The van der Waals surface area contributed by atoms with Crippen LogP contribution in [0.5, 0.6) is 17.2 Å². The zero-order valence-electron chi connectivity index (χ0n) is 9.16. The molecule has 0 saturated heterocycles. The first-order chi connectivity index (χ1) is 7.28. The van der Waals surface area contributed by atoms with E-state index in [4.69, 9.17) is 20.1 Å². The predicted octanol–water partition coefficient (Wildman–Crippen LogP) is 0.676. The fourth-order valence-corrected chi connectivity index (χ4v) is 1.41. The molecule has 0 aromatic heterocycles. The normalized spacial score (nSPS) is 9.87. The number of methoxy groups -OCH3 is 3. The van der Waals surface area contributed by atoms with Crippen LogP contribution in [0.1, 0.15) is 5.56 Å². The van der Waals surface area contributed by atoms with Gasteiger partial charge in [-0.1, -0.05) is 6.07 Å². The molecule has 0 fully saturated rings. The maximum absolute atomic E-state index is 5.27. The summed E-state index contributed by atoms with van der Waals surface area (Å²) in [5.41, 5.74) is 3.49. The molecule has 0 amide bonds. The fraction of sp³-hybridized carbons (Fsp3) is 0.400. The van der Waals surface area contributed by atoms with E-state index in [-0.39, 0.29) is 0 Å². The van der Waals surface area contributed by atoms with Gasteiger partial charge in [-0.15, -0.1) is 0 Å². The number of hydrogen-bond acceptors (Lipinski definition) is 5. The summed E-state index contributed by atoms with van der Waals surface area (Å²) in [6, 6.07) is 3.69. The van der Waals surface area contributed by atoms with E-state index in [0.717, 1.165) is 5.56 Å². The summed E-state index contributed by atoms with van der Waals surface area (Å²) < 4.78 is 15.6. The van der Waals surface area contributed by atoms with Gasteiger partial charge in [0.1, 0.15) is 0 Å². The lowest BCUT2D eigenvalue weighted by Crippen LogP contribution is -2.21. The molecule has 0 saturated carbocycles. The summed E-state index contributed by atoms with van der Waals surface area (Å²) in [5, 5.41) is 0. The van der Waals surface area contributed by atoms with Gasteiger partial charge in [0.15, 0.2) is 11.5 Å². The fourth-order valence-electron chi connectivity index (χ4n) is 1.41. The Morgan fingerprint density at radius 2 is 1.73 bits per heavy atom. The minimum absolute atomic E-state index is 0.503. The molecule has 0 bridgehead atoms. The van der Waals surface area contributed by atoms with E-state index in [0.29, 0.717) is 23.8 Å². The van der Waals surface area contributed by atoms with Crippen molar-refractivity contribution in [1.29, 1.82) is 0 Å². The molecular formula is C10H16N2O3. The SMILES string of the molecule is COc1ccc(CNN)c(OC)c1OC. The standard InChI is InChI=1S/C10H16N2O3/c1-13-8-5-4-7(6-12-11)9(14-2)10(8)15-3/h4-5,12H,6,11H2,1-3H3. The van der Waals surface area contributed by atoms with Crippen molar-refractivity contribution in [2.24, 2.45) is 5.84 Å². The Kier molecular flexibility index (Phi) is 4.20. The first kappa shape index (κ1) is 11.6. The summed E-state index contributed by atoms with van der Waals surface area (Å²) >= 11 is 0. The van der Waals surface area contributed by atoms with Gasteiger partial charge in [-0.25, -0.2) is 0 Å². The van der Waals surface area contributed by atoms with E-state index >= 15 is 0 Å². The second-order valence-electron chi connectivity index (χ2n) is 2.87. The van der Waals surface area contributed by atoms with Crippen molar-refractivity contribution in [3.8, 4) is 17.2 Å². The van der Waals surface area contributed by atoms with Crippen LogP contribution in [-0.4, -0.2) is 21.3 Å². The lowest BCUT2D eigenvalue weighted by Gasteiger charge is -2.15. The Hall–Kier alpha value is -1.46. The Morgan fingerprint density at radius 3 is 2.20 bits per heavy atom. The van der Waals surface area contributed by atoms with Crippen LogP contribution < -0.4 is 25.5 Å². The van der Waals surface area contributed by atoms with Crippen LogP contribution in [0.2, 0.25) is 0 Å². The van der Waals surface area contributed by atoms with Crippen LogP contribution in [0.3, 0.4) is 0 Å². The van der Waals surface area contributed by atoms with Gasteiger partial charge in [0.25, 0.3) is 0 Å². The molecule has 0 radical (unpaired) electrons. The van der Waals surface area contributed by atoms with E-state index in [9.17, 15) is 0 Å². The van der Waals surface area contributed by atoms with E-state index in [1.165, 1.54) is 0 Å². The molecule has 0 atom stereocenters. The van der Waals surface area contributed by atoms with E-state index < -0.39 is 0 Å². The molecular weight excluding hydrogens is 196 g/mol. The van der Waals surface area contributed by atoms with E-state index in [2.05, 4.69) is 5.43 Å². The zero-order valence-corrected chi connectivity index (χ0v) is 9.16. The molecule has 1 rings (SSSR count). The Labute approximate surface area is 89.1 Å². The van der Waals surface area contributed by atoms with Gasteiger partial charge in [0.05, 0.1) is 21.3 Å². The van der Waals surface area contributed by atoms with Crippen LogP contribution in [-0.2, 0) is 6.54 Å². The zero-order chi connectivity index (χ0) is 11.3. The number of nitrogens with two attached hydrogens (primary N) is 1. The van der Waals surface area contributed by atoms with Gasteiger partial charge in [-0.3, -0.25) is 11.3 Å². The average molecular weight is 212 g/mol. The van der Waals surface area contributed by atoms with Crippen LogP contribution in [0.15, 0.2) is 12.1 Å². The number of rotatable bonds is 5. The highest BCUT2D eigenvalue weighted by molar-refractivity contribution is 5.55. The van der Waals surface area contributed by atoms with Crippen molar-refractivity contribution in [3.05, 3.63) is 17.7 Å². The highest BCUT2D eigenvalue weighted by atomic mass is 16.5. The third kappa shape index (κ3) is 2.31. The van der Waals surface area contributed by atoms with Crippen LogP contribution in [0.25, 0.3) is 0 Å². The number of nitrogens with one attached hydrogen (secondary N) is 1. The van der Waals surface area contributed by atoms with Crippen molar-refractivity contribution < 1.29 is 14.2 Å². The Bertz CT molecular complexity index is 329. The molecule has 0 unspecified atom stereocenters. The quantitative estimate of drug-likeness (QED) is 0.555. The molecule has 1 aromatic rings. The lowest BCUT2D eigenvalue weighted by molar-refractivity contribution is 0.321. The predicted molar refractivity (Wildman–Crippen MR) is 57.1 cm³/mol. The molecule has 0 spiro atoms. The Balaban J connectivity index is 3.21. The van der Waals surface area contributed by atoms with Crippen molar-refractivity contribution in [3.63, 3.8) is 0 Å². The molecule has 0 aliphatic heterocycles. The smallest absolute Gasteiger partial charge is 0.203 e.